The summed E-state index contributed by atoms with van der Waals surface area (Å²) >= 11 is 0. The second kappa shape index (κ2) is 10.3. The van der Waals surface area contributed by atoms with E-state index in [9.17, 15) is 14.9 Å². The minimum absolute atomic E-state index is 0.0619. The molecule has 0 aliphatic heterocycles. The van der Waals surface area contributed by atoms with Gasteiger partial charge < -0.3 is 14.8 Å². The van der Waals surface area contributed by atoms with Gasteiger partial charge in [0.25, 0.3) is 0 Å². The molecule has 1 N–H and O–H groups in total. The van der Waals surface area contributed by atoms with E-state index in [4.69, 9.17) is 9.47 Å². The van der Waals surface area contributed by atoms with Crippen LogP contribution < -0.4 is 5.32 Å². The number of carbonyl (C=O) groups is 2. The number of nitrogens with zero attached hydrogens (tertiary/aromatic N) is 1. The van der Waals surface area contributed by atoms with Crippen LogP contribution in [0.1, 0.15) is 34.1 Å². The van der Waals surface area contributed by atoms with Crippen molar-refractivity contribution >= 4 is 12.1 Å². The Morgan fingerprint density at radius 3 is 2.42 bits per heavy atom. The Morgan fingerprint density at radius 2 is 2.00 bits per heavy atom. The van der Waals surface area contributed by atoms with Gasteiger partial charge in [-0.2, -0.15) is 5.26 Å². The maximum atomic E-state index is 11.9. The van der Waals surface area contributed by atoms with E-state index in [-0.39, 0.29) is 6.42 Å². The molecule has 2 unspecified atom stereocenters. The van der Waals surface area contributed by atoms with Gasteiger partial charge in [-0.3, -0.25) is 0 Å². The molecule has 0 aliphatic rings. The SMILES string of the molecule is C=C/C=C(\C=C/C)C(C#N)CC(NC(=O)OC(C)(C)C)C(=O)OC. The Morgan fingerprint density at radius 1 is 1.38 bits per heavy atom. The van der Waals surface area contributed by atoms with Crippen molar-refractivity contribution in [3.63, 3.8) is 0 Å². The van der Waals surface area contributed by atoms with Crippen LogP contribution in [0.4, 0.5) is 4.79 Å². The second-order valence-electron chi connectivity index (χ2n) is 6.04. The normalized spacial score (nSPS) is 14.4. The molecule has 0 aromatic rings. The molecule has 132 valence electrons. The zero-order valence-electron chi connectivity index (χ0n) is 15.0. The van der Waals surface area contributed by atoms with Crippen LogP contribution in [0.2, 0.25) is 0 Å². The largest absolute Gasteiger partial charge is 0.467 e. The van der Waals surface area contributed by atoms with Crippen LogP contribution in [0.25, 0.3) is 0 Å². The molecular formula is C18H26N2O4. The summed E-state index contributed by atoms with van der Waals surface area (Å²) in [6.07, 6.45) is 6.12. The van der Waals surface area contributed by atoms with Crippen LogP contribution in [0.15, 0.2) is 36.5 Å². The maximum Gasteiger partial charge on any atom is 0.408 e. The highest BCUT2D eigenvalue weighted by Gasteiger charge is 2.28. The van der Waals surface area contributed by atoms with Crippen molar-refractivity contribution in [2.45, 2.75) is 45.8 Å². The third-order valence-electron chi connectivity index (χ3n) is 2.88. The number of hydrogen-bond acceptors (Lipinski definition) is 5. The fourth-order valence-corrected chi connectivity index (χ4v) is 1.92. The monoisotopic (exact) mass is 334 g/mol. The Labute approximate surface area is 143 Å². The predicted molar refractivity (Wildman–Crippen MR) is 92.0 cm³/mol. The van der Waals surface area contributed by atoms with E-state index in [1.807, 2.05) is 6.92 Å². The number of nitrogens with one attached hydrogen (secondary N) is 1. The summed E-state index contributed by atoms with van der Waals surface area (Å²) in [5, 5.41) is 11.9. The van der Waals surface area contributed by atoms with Gasteiger partial charge in [0.1, 0.15) is 11.6 Å². The fraction of sp³-hybridized carbons (Fsp3) is 0.500. The van der Waals surface area contributed by atoms with Crippen molar-refractivity contribution in [1.29, 1.82) is 5.26 Å². The molecule has 0 saturated heterocycles. The zero-order chi connectivity index (χ0) is 18.8. The lowest BCUT2D eigenvalue weighted by Crippen LogP contribution is -2.45. The Bertz CT molecular complexity index is 550. The highest BCUT2D eigenvalue weighted by molar-refractivity contribution is 5.81. The first-order valence-electron chi connectivity index (χ1n) is 7.60. The zero-order valence-corrected chi connectivity index (χ0v) is 15.0. The standard InChI is InChI=1S/C18H26N2O4/c1-7-9-13(10-8-2)14(12-19)11-15(16(21)23-6)20-17(22)24-18(3,4)5/h7-10,14-15H,1,11H2,2-6H3,(H,20,22)/b10-8-,13-9+. The number of rotatable bonds is 7. The first-order valence-corrected chi connectivity index (χ1v) is 7.60. The van der Waals surface area contributed by atoms with Crippen molar-refractivity contribution in [3.8, 4) is 6.07 Å². The van der Waals surface area contributed by atoms with Crippen LogP contribution in [-0.4, -0.2) is 30.8 Å². The Hall–Kier alpha value is -2.55. The van der Waals surface area contributed by atoms with Crippen molar-refractivity contribution in [1.82, 2.24) is 5.32 Å². The van der Waals surface area contributed by atoms with E-state index < -0.39 is 29.6 Å². The lowest BCUT2D eigenvalue weighted by molar-refractivity contribution is -0.143. The molecule has 0 radical (unpaired) electrons. The number of allylic oxidation sites excluding steroid dienone is 5. The topological polar surface area (TPSA) is 88.4 Å². The van der Waals surface area contributed by atoms with Crippen molar-refractivity contribution in [2.24, 2.45) is 5.92 Å². The maximum absolute atomic E-state index is 11.9. The molecule has 0 bridgehead atoms. The minimum Gasteiger partial charge on any atom is -0.467 e. The molecular weight excluding hydrogens is 308 g/mol. The van der Waals surface area contributed by atoms with Crippen molar-refractivity contribution < 1.29 is 19.1 Å². The van der Waals surface area contributed by atoms with Crippen molar-refractivity contribution in [3.05, 3.63) is 36.5 Å². The summed E-state index contributed by atoms with van der Waals surface area (Å²) in [7, 11) is 1.22. The van der Waals surface area contributed by atoms with E-state index in [1.54, 1.807) is 45.1 Å². The summed E-state index contributed by atoms with van der Waals surface area (Å²) in [6, 6.07) is 1.14. The van der Waals surface area contributed by atoms with Gasteiger partial charge in [0.2, 0.25) is 0 Å². The van der Waals surface area contributed by atoms with Gasteiger partial charge in [-0.25, -0.2) is 9.59 Å². The number of methoxy groups -OCH3 is 1. The molecule has 2 atom stereocenters. The minimum atomic E-state index is -0.993. The second-order valence-corrected chi connectivity index (χ2v) is 6.04. The number of ether oxygens (including phenoxy) is 2. The van der Waals surface area contributed by atoms with E-state index in [2.05, 4.69) is 18.0 Å². The molecule has 0 heterocycles. The molecule has 0 aliphatic carbocycles. The molecule has 1 amide bonds. The lowest BCUT2D eigenvalue weighted by atomic mass is 9.92. The van der Waals surface area contributed by atoms with Gasteiger partial charge >= 0.3 is 12.1 Å². The molecule has 0 aromatic heterocycles. The molecule has 0 saturated carbocycles. The van der Waals surface area contributed by atoms with E-state index >= 15 is 0 Å². The van der Waals surface area contributed by atoms with Crippen LogP contribution >= 0.6 is 0 Å². The lowest BCUT2D eigenvalue weighted by Gasteiger charge is -2.23. The molecule has 0 spiro atoms. The highest BCUT2D eigenvalue weighted by Crippen LogP contribution is 2.19. The summed E-state index contributed by atoms with van der Waals surface area (Å²) in [5.41, 5.74) is -0.00648. The molecule has 0 rings (SSSR count). The van der Waals surface area contributed by atoms with Gasteiger partial charge in [-0.1, -0.05) is 30.9 Å². The third-order valence-corrected chi connectivity index (χ3v) is 2.88. The number of hydrogen-bond donors (Lipinski definition) is 1. The smallest absolute Gasteiger partial charge is 0.408 e. The van der Waals surface area contributed by atoms with Crippen LogP contribution in [0.5, 0.6) is 0 Å². The molecule has 24 heavy (non-hydrogen) atoms. The summed E-state index contributed by atoms with van der Waals surface area (Å²) in [4.78, 5) is 23.9. The van der Waals surface area contributed by atoms with Crippen LogP contribution in [0, 0.1) is 17.2 Å². The number of amides is 1. The van der Waals surface area contributed by atoms with E-state index in [0.717, 1.165) is 0 Å². The van der Waals surface area contributed by atoms with Gasteiger partial charge in [-0.05, 0) is 39.7 Å². The Kier molecular flexibility index (Phi) is 9.18. The summed E-state index contributed by atoms with van der Waals surface area (Å²) in [6.45, 7) is 10.6. The summed E-state index contributed by atoms with van der Waals surface area (Å²) < 4.78 is 9.86. The molecule has 0 fully saturated rings. The first-order chi connectivity index (χ1) is 11.2. The number of esters is 1. The number of alkyl carbamates (subject to hydrolysis) is 1. The summed E-state index contributed by atoms with van der Waals surface area (Å²) in [5.74, 6) is -1.25. The average molecular weight is 334 g/mol. The van der Waals surface area contributed by atoms with Gasteiger partial charge in [0.15, 0.2) is 0 Å². The van der Waals surface area contributed by atoms with Gasteiger partial charge in [-0.15, -0.1) is 0 Å². The Balaban J connectivity index is 5.29. The quantitative estimate of drug-likeness (QED) is 0.570. The molecule has 6 nitrogen and oxygen atoms in total. The number of nitriles is 1. The van der Waals surface area contributed by atoms with E-state index in [1.165, 1.54) is 7.11 Å². The number of carbonyl (C=O) groups excluding carboxylic acids is 2. The molecule has 0 aromatic carbocycles. The molecule has 6 heteroatoms. The average Bonchev–Trinajstić information content (AvgIpc) is 2.48. The van der Waals surface area contributed by atoms with Crippen molar-refractivity contribution in [2.75, 3.05) is 7.11 Å². The third kappa shape index (κ3) is 8.18. The van der Waals surface area contributed by atoms with Gasteiger partial charge in [0, 0.05) is 0 Å². The van der Waals surface area contributed by atoms with E-state index in [0.29, 0.717) is 5.57 Å². The van der Waals surface area contributed by atoms with Crippen LogP contribution in [-0.2, 0) is 14.3 Å². The fourth-order valence-electron chi connectivity index (χ4n) is 1.92. The highest BCUT2D eigenvalue weighted by atomic mass is 16.6. The first kappa shape index (κ1) is 21.4. The van der Waals surface area contributed by atoms with Crippen LogP contribution in [0.3, 0.4) is 0 Å². The van der Waals surface area contributed by atoms with Gasteiger partial charge in [0.05, 0.1) is 19.1 Å². The predicted octanol–water partition coefficient (Wildman–Crippen LogP) is 3.27.